The monoisotopic (exact) mass is 430 g/mol. The Morgan fingerprint density at radius 3 is 2.92 bits per heavy atom. The van der Waals surface area contributed by atoms with E-state index in [9.17, 15) is 9.59 Å². The molecule has 0 radical (unpaired) electrons. The predicted octanol–water partition coefficient (Wildman–Crippen LogP) is 3.10. The number of thiophene rings is 1. The second-order valence-electron chi connectivity index (χ2n) is 6.01. The fraction of sp³-hybridized carbons (Fsp3) is 0.167. The molecule has 0 aliphatic heterocycles. The molecular weight excluding hydrogens is 416 g/mol. The Labute approximate surface area is 161 Å². The van der Waals surface area contributed by atoms with E-state index in [4.69, 9.17) is 0 Å². The molecule has 0 aliphatic carbocycles. The number of halogens is 1. The molecule has 0 aliphatic rings. The summed E-state index contributed by atoms with van der Waals surface area (Å²) in [4.78, 5) is 26.0. The molecule has 1 aromatic carbocycles. The third-order valence-corrected chi connectivity index (χ3v) is 5.56. The summed E-state index contributed by atoms with van der Waals surface area (Å²) in [6.45, 7) is 2.32. The molecule has 1 amide bonds. The molecule has 0 spiro atoms. The maximum atomic E-state index is 12.6. The first-order chi connectivity index (χ1) is 12.5. The number of rotatable bonds is 4. The third-order valence-electron chi connectivity index (χ3n) is 4.08. The Kier molecular flexibility index (Phi) is 4.37. The number of hydrogen-bond acceptors (Lipinski definition) is 4. The minimum absolute atomic E-state index is 0.110. The van der Waals surface area contributed by atoms with Crippen LogP contribution in [0.2, 0.25) is 0 Å². The van der Waals surface area contributed by atoms with Crippen LogP contribution in [0.3, 0.4) is 0 Å². The number of aromatic nitrogens is 3. The molecule has 0 unspecified atom stereocenters. The number of hydrogen-bond donors (Lipinski definition) is 1. The van der Waals surface area contributed by atoms with E-state index in [1.165, 1.54) is 9.56 Å². The van der Waals surface area contributed by atoms with Crippen molar-refractivity contribution in [2.45, 2.75) is 20.0 Å². The predicted molar refractivity (Wildman–Crippen MR) is 106 cm³/mol. The molecule has 0 bridgehead atoms. The van der Waals surface area contributed by atoms with Crippen LogP contribution in [-0.2, 0) is 17.9 Å². The minimum Gasteiger partial charge on any atom is -0.350 e. The molecule has 4 aromatic rings. The first kappa shape index (κ1) is 17.0. The Morgan fingerprint density at radius 2 is 2.12 bits per heavy atom. The maximum Gasteiger partial charge on any atom is 0.291 e. The lowest BCUT2D eigenvalue weighted by molar-refractivity contribution is -0.122. The molecular formula is C18H15BrN4O2S. The second kappa shape index (κ2) is 6.69. The molecule has 1 N–H and O–H groups in total. The highest BCUT2D eigenvalue weighted by Gasteiger charge is 2.13. The van der Waals surface area contributed by atoms with E-state index >= 15 is 0 Å². The third kappa shape index (κ3) is 3.17. The van der Waals surface area contributed by atoms with Crippen LogP contribution < -0.4 is 10.9 Å². The number of nitrogens with zero attached hydrogens (tertiary/aromatic N) is 3. The van der Waals surface area contributed by atoms with E-state index in [1.54, 1.807) is 22.1 Å². The van der Waals surface area contributed by atoms with Gasteiger partial charge in [0.2, 0.25) is 5.91 Å². The molecule has 0 saturated heterocycles. The van der Waals surface area contributed by atoms with Gasteiger partial charge in [-0.3, -0.25) is 14.0 Å². The fourth-order valence-electron chi connectivity index (χ4n) is 2.87. The van der Waals surface area contributed by atoms with Crippen LogP contribution in [0, 0.1) is 6.92 Å². The van der Waals surface area contributed by atoms with Crippen molar-refractivity contribution in [1.29, 1.82) is 0 Å². The van der Waals surface area contributed by atoms with E-state index in [-0.39, 0.29) is 18.0 Å². The minimum atomic E-state index is -0.272. The second-order valence-corrected chi connectivity index (χ2v) is 8.21. The average molecular weight is 431 g/mol. The number of benzene rings is 1. The maximum absolute atomic E-state index is 12.6. The number of amides is 1. The molecule has 6 nitrogen and oxygen atoms in total. The highest BCUT2D eigenvalue weighted by Crippen LogP contribution is 2.26. The molecule has 4 rings (SSSR count). The van der Waals surface area contributed by atoms with E-state index in [0.29, 0.717) is 12.1 Å². The quantitative estimate of drug-likeness (QED) is 0.540. The molecule has 132 valence electrons. The van der Waals surface area contributed by atoms with Gasteiger partial charge in [0.15, 0.2) is 0 Å². The number of aryl methyl sites for hydroxylation is 1. The molecule has 3 aromatic heterocycles. The Balaban J connectivity index is 1.54. The molecule has 26 heavy (non-hydrogen) atoms. The molecule has 8 heteroatoms. The first-order valence-electron chi connectivity index (χ1n) is 8.00. The van der Waals surface area contributed by atoms with Crippen molar-refractivity contribution < 1.29 is 4.79 Å². The Hall–Kier alpha value is -2.45. The van der Waals surface area contributed by atoms with Crippen LogP contribution in [0.4, 0.5) is 0 Å². The van der Waals surface area contributed by atoms with Crippen molar-refractivity contribution >= 4 is 48.9 Å². The van der Waals surface area contributed by atoms with Crippen molar-refractivity contribution in [2.24, 2.45) is 0 Å². The average Bonchev–Trinajstić information content (AvgIpc) is 3.12. The van der Waals surface area contributed by atoms with Crippen molar-refractivity contribution in [2.75, 3.05) is 0 Å². The zero-order valence-corrected chi connectivity index (χ0v) is 16.3. The molecule has 0 atom stereocenters. The summed E-state index contributed by atoms with van der Waals surface area (Å²) < 4.78 is 4.97. The normalized spacial score (nSPS) is 11.3. The van der Waals surface area contributed by atoms with Crippen LogP contribution in [0.15, 0.2) is 52.0 Å². The van der Waals surface area contributed by atoms with Gasteiger partial charge < -0.3 is 5.32 Å². The first-order valence-corrected chi connectivity index (χ1v) is 9.61. The van der Waals surface area contributed by atoms with Crippen molar-refractivity contribution in [3.63, 3.8) is 0 Å². The van der Waals surface area contributed by atoms with E-state index in [2.05, 4.69) is 26.3 Å². The standard InChI is InChI=1S/C18H15BrN4O2S/c1-11-5-14-16(26-11)7-15-18(25)23(21-10-22(14)15)9-17(24)20-8-12-3-2-4-13(19)6-12/h2-7,10H,8-9H2,1H3,(H,20,24). The van der Waals surface area contributed by atoms with Gasteiger partial charge in [-0.15, -0.1) is 11.3 Å². The summed E-state index contributed by atoms with van der Waals surface area (Å²) >= 11 is 5.03. The Bertz CT molecular complexity index is 1190. The summed E-state index contributed by atoms with van der Waals surface area (Å²) in [6, 6.07) is 11.6. The number of nitrogens with one attached hydrogen (secondary N) is 1. The fourth-order valence-corrected chi connectivity index (χ4v) is 4.27. The highest BCUT2D eigenvalue weighted by molar-refractivity contribution is 9.10. The van der Waals surface area contributed by atoms with Gasteiger partial charge in [-0.1, -0.05) is 28.1 Å². The van der Waals surface area contributed by atoms with Crippen LogP contribution in [0.25, 0.3) is 15.7 Å². The summed E-state index contributed by atoms with van der Waals surface area (Å²) in [5.74, 6) is -0.256. The summed E-state index contributed by atoms with van der Waals surface area (Å²) in [5, 5.41) is 6.97. The van der Waals surface area contributed by atoms with Crippen LogP contribution in [-0.4, -0.2) is 20.1 Å². The summed E-state index contributed by atoms with van der Waals surface area (Å²) in [6.07, 6.45) is 1.59. The number of carbonyl (C=O) groups excluding carboxylic acids is 1. The van der Waals surface area contributed by atoms with E-state index in [0.717, 1.165) is 20.3 Å². The number of fused-ring (bicyclic) bond motifs is 3. The largest absolute Gasteiger partial charge is 0.350 e. The van der Waals surface area contributed by atoms with Crippen molar-refractivity contribution in [3.8, 4) is 0 Å². The lowest BCUT2D eigenvalue weighted by atomic mass is 10.2. The Morgan fingerprint density at radius 1 is 1.27 bits per heavy atom. The van der Waals surface area contributed by atoms with Gasteiger partial charge >= 0.3 is 0 Å². The zero-order valence-electron chi connectivity index (χ0n) is 13.9. The lowest BCUT2D eigenvalue weighted by Gasteiger charge is -2.07. The van der Waals surface area contributed by atoms with Gasteiger partial charge in [0.1, 0.15) is 18.4 Å². The zero-order chi connectivity index (χ0) is 18.3. The van der Waals surface area contributed by atoms with Gasteiger partial charge in [0, 0.05) is 15.9 Å². The van der Waals surface area contributed by atoms with Crippen LogP contribution >= 0.6 is 27.3 Å². The van der Waals surface area contributed by atoms with E-state index < -0.39 is 0 Å². The highest BCUT2D eigenvalue weighted by atomic mass is 79.9. The molecule has 3 heterocycles. The SMILES string of the molecule is Cc1cc2c(cc3c(=O)n(CC(=O)NCc4cccc(Br)c4)ncn32)s1. The van der Waals surface area contributed by atoms with E-state index in [1.807, 2.05) is 43.3 Å². The van der Waals surface area contributed by atoms with Gasteiger partial charge in [-0.25, -0.2) is 4.68 Å². The van der Waals surface area contributed by atoms with Gasteiger partial charge in [-0.05, 0) is 36.8 Å². The molecule has 0 saturated carbocycles. The number of carbonyl (C=O) groups is 1. The smallest absolute Gasteiger partial charge is 0.291 e. The van der Waals surface area contributed by atoms with Crippen molar-refractivity contribution in [1.82, 2.24) is 19.5 Å². The van der Waals surface area contributed by atoms with Gasteiger partial charge in [0.05, 0.1) is 10.2 Å². The lowest BCUT2D eigenvalue weighted by Crippen LogP contribution is -2.33. The summed E-state index contributed by atoms with van der Waals surface area (Å²) in [7, 11) is 0. The molecule has 0 fully saturated rings. The summed E-state index contributed by atoms with van der Waals surface area (Å²) in [5.41, 5.74) is 2.20. The van der Waals surface area contributed by atoms with Crippen LogP contribution in [0.1, 0.15) is 10.4 Å². The van der Waals surface area contributed by atoms with Crippen LogP contribution in [0.5, 0.6) is 0 Å². The topological polar surface area (TPSA) is 68.4 Å². The van der Waals surface area contributed by atoms with Crippen molar-refractivity contribution in [3.05, 3.63) is 68.0 Å². The van der Waals surface area contributed by atoms with Gasteiger partial charge in [-0.2, -0.15) is 5.10 Å². The van der Waals surface area contributed by atoms with Gasteiger partial charge in [0.25, 0.3) is 5.56 Å².